The van der Waals surface area contributed by atoms with E-state index in [1.807, 2.05) is 22.4 Å². The minimum atomic E-state index is -0.276. The number of hydrogen-bond acceptors (Lipinski definition) is 5. The molecule has 1 spiro atoms. The molecule has 2 amide bonds. The number of methoxy groups -OCH3 is 1. The molecule has 0 bridgehead atoms. The van der Waals surface area contributed by atoms with Crippen LogP contribution < -0.4 is 5.32 Å². The molecule has 7 heteroatoms. The number of ether oxygens (including phenoxy) is 1. The molecule has 2 aliphatic rings. The Kier molecular flexibility index (Phi) is 5.53. The quantitative estimate of drug-likeness (QED) is 0.794. The number of nitrogens with one attached hydrogen (secondary N) is 1. The molecule has 24 heavy (non-hydrogen) atoms. The van der Waals surface area contributed by atoms with E-state index in [9.17, 15) is 9.59 Å². The fourth-order valence-corrected chi connectivity index (χ4v) is 4.28. The third kappa shape index (κ3) is 3.79. The standard InChI is InChI=1S/C17H25N3O3S/c1-23-9-8-20-7-5-17(16(20)22)4-6-19(13-17)12-15(21)18-11-14-3-2-10-24-14/h2-3,10H,4-9,11-13H2,1H3,(H,18,21). The van der Waals surface area contributed by atoms with Crippen molar-refractivity contribution in [1.82, 2.24) is 15.1 Å². The zero-order valence-corrected chi connectivity index (χ0v) is 14.9. The van der Waals surface area contributed by atoms with Crippen LogP contribution in [0.1, 0.15) is 17.7 Å². The highest BCUT2D eigenvalue weighted by Gasteiger charge is 2.50. The van der Waals surface area contributed by atoms with E-state index in [-0.39, 0.29) is 17.2 Å². The van der Waals surface area contributed by atoms with Crippen molar-refractivity contribution in [1.29, 1.82) is 0 Å². The zero-order valence-electron chi connectivity index (χ0n) is 14.1. The summed E-state index contributed by atoms with van der Waals surface area (Å²) < 4.78 is 5.08. The molecule has 0 aromatic carbocycles. The van der Waals surface area contributed by atoms with Crippen molar-refractivity contribution in [2.75, 3.05) is 46.4 Å². The van der Waals surface area contributed by atoms with Gasteiger partial charge in [0.2, 0.25) is 11.8 Å². The Balaban J connectivity index is 1.46. The smallest absolute Gasteiger partial charge is 0.234 e. The predicted molar refractivity (Wildman–Crippen MR) is 92.7 cm³/mol. The van der Waals surface area contributed by atoms with Gasteiger partial charge < -0.3 is 15.0 Å². The first-order valence-electron chi connectivity index (χ1n) is 8.43. The van der Waals surface area contributed by atoms with Crippen molar-refractivity contribution in [3.63, 3.8) is 0 Å². The maximum absolute atomic E-state index is 12.7. The van der Waals surface area contributed by atoms with Gasteiger partial charge in [-0.1, -0.05) is 6.07 Å². The lowest BCUT2D eigenvalue weighted by atomic mass is 9.85. The Labute approximate surface area is 146 Å². The molecular formula is C17H25N3O3S. The van der Waals surface area contributed by atoms with Gasteiger partial charge in [0.05, 0.1) is 25.1 Å². The molecule has 1 aromatic rings. The van der Waals surface area contributed by atoms with Crippen LogP contribution in [0.5, 0.6) is 0 Å². The van der Waals surface area contributed by atoms with Crippen LogP contribution in [0.2, 0.25) is 0 Å². The van der Waals surface area contributed by atoms with Crippen LogP contribution in [0.3, 0.4) is 0 Å². The first-order valence-corrected chi connectivity index (χ1v) is 9.31. The lowest BCUT2D eigenvalue weighted by molar-refractivity contribution is -0.136. The molecule has 0 saturated carbocycles. The summed E-state index contributed by atoms with van der Waals surface area (Å²) in [6, 6.07) is 4.00. The highest BCUT2D eigenvalue weighted by Crippen LogP contribution is 2.40. The lowest BCUT2D eigenvalue weighted by Gasteiger charge is -2.23. The number of rotatable bonds is 7. The van der Waals surface area contributed by atoms with E-state index < -0.39 is 0 Å². The van der Waals surface area contributed by atoms with Crippen molar-refractivity contribution in [3.8, 4) is 0 Å². The average Bonchev–Trinajstić information content (AvgIpc) is 3.28. The van der Waals surface area contributed by atoms with E-state index in [1.165, 1.54) is 0 Å². The van der Waals surface area contributed by atoms with E-state index >= 15 is 0 Å². The van der Waals surface area contributed by atoms with Gasteiger partial charge in [0.15, 0.2) is 0 Å². The van der Waals surface area contributed by atoms with Gasteiger partial charge in [0, 0.05) is 31.6 Å². The van der Waals surface area contributed by atoms with Gasteiger partial charge in [0.25, 0.3) is 0 Å². The molecule has 132 valence electrons. The Morgan fingerprint density at radius 2 is 2.25 bits per heavy atom. The van der Waals surface area contributed by atoms with Crippen molar-refractivity contribution in [2.45, 2.75) is 19.4 Å². The van der Waals surface area contributed by atoms with Crippen molar-refractivity contribution in [3.05, 3.63) is 22.4 Å². The average molecular weight is 351 g/mol. The second-order valence-corrected chi connectivity index (χ2v) is 7.66. The largest absolute Gasteiger partial charge is 0.383 e. The Bertz CT molecular complexity index is 578. The molecule has 1 unspecified atom stereocenters. The first kappa shape index (κ1) is 17.4. The summed E-state index contributed by atoms with van der Waals surface area (Å²) in [5.41, 5.74) is -0.276. The van der Waals surface area contributed by atoms with Crippen molar-refractivity contribution in [2.24, 2.45) is 5.41 Å². The number of nitrogens with zero attached hydrogens (tertiary/aromatic N) is 2. The summed E-state index contributed by atoms with van der Waals surface area (Å²) >= 11 is 1.64. The van der Waals surface area contributed by atoms with Gasteiger partial charge in [-0.15, -0.1) is 11.3 Å². The molecule has 6 nitrogen and oxygen atoms in total. The second-order valence-electron chi connectivity index (χ2n) is 6.63. The van der Waals surface area contributed by atoms with Crippen LogP contribution in [0.4, 0.5) is 0 Å². The maximum Gasteiger partial charge on any atom is 0.234 e. The predicted octanol–water partition coefficient (Wildman–Crippen LogP) is 0.935. The number of likely N-dealkylation sites (tertiary alicyclic amines) is 2. The first-order chi connectivity index (χ1) is 11.6. The van der Waals surface area contributed by atoms with Gasteiger partial charge in [-0.25, -0.2) is 0 Å². The molecule has 2 saturated heterocycles. The molecule has 1 aromatic heterocycles. The van der Waals surface area contributed by atoms with Gasteiger partial charge in [-0.05, 0) is 30.8 Å². The van der Waals surface area contributed by atoms with Crippen LogP contribution >= 0.6 is 11.3 Å². The Hall–Kier alpha value is -1.44. The summed E-state index contributed by atoms with van der Waals surface area (Å²) in [6.45, 7) is 4.52. The second kappa shape index (κ2) is 7.63. The fraction of sp³-hybridized carbons (Fsp3) is 0.647. The van der Waals surface area contributed by atoms with Crippen LogP contribution in [0.15, 0.2) is 17.5 Å². The summed E-state index contributed by atoms with van der Waals surface area (Å²) in [4.78, 5) is 30.0. The van der Waals surface area contributed by atoms with E-state index in [2.05, 4.69) is 10.2 Å². The molecule has 0 radical (unpaired) electrons. The van der Waals surface area contributed by atoms with E-state index in [4.69, 9.17) is 4.74 Å². The lowest BCUT2D eigenvalue weighted by Crippen LogP contribution is -2.40. The van der Waals surface area contributed by atoms with Gasteiger partial charge in [0.1, 0.15) is 0 Å². The van der Waals surface area contributed by atoms with Gasteiger partial charge >= 0.3 is 0 Å². The normalized spacial score (nSPS) is 24.2. The fourth-order valence-electron chi connectivity index (χ4n) is 3.64. The highest BCUT2D eigenvalue weighted by atomic mass is 32.1. The van der Waals surface area contributed by atoms with E-state index in [0.29, 0.717) is 32.8 Å². The number of hydrogen-bond donors (Lipinski definition) is 1. The molecular weight excluding hydrogens is 326 g/mol. The maximum atomic E-state index is 12.7. The van der Waals surface area contributed by atoms with Gasteiger partial charge in [-0.3, -0.25) is 14.5 Å². The number of carbonyl (C=O) groups excluding carboxylic acids is 2. The molecule has 2 aliphatic heterocycles. The third-order valence-electron chi connectivity index (χ3n) is 5.01. The van der Waals surface area contributed by atoms with Crippen molar-refractivity contribution >= 4 is 23.2 Å². The number of carbonyl (C=O) groups is 2. The minimum Gasteiger partial charge on any atom is -0.383 e. The summed E-state index contributed by atoms with van der Waals surface area (Å²) in [5.74, 6) is 0.267. The van der Waals surface area contributed by atoms with E-state index in [0.717, 1.165) is 30.8 Å². The Morgan fingerprint density at radius 3 is 3.00 bits per heavy atom. The summed E-state index contributed by atoms with van der Waals surface area (Å²) in [6.07, 6.45) is 1.75. The van der Waals surface area contributed by atoms with Crippen LogP contribution in [-0.2, 0) is 20.9 Å². The molecule has 1 atom stereocenters. The topological polar surface area (TPSA) is 61.9 Å². The molecule has 1 N–H and O–H groups in total. The zero-order chi connectivity index (χ0) is 17.0. The van der Waals surface area contributed by atoms with Crippen LogP contribution in [-0.4, -0.2) is 68.1 Å². The molecule has 2 fully saturated rings. The molecule has 3 heterocycles. The van der Waals surface area contributed by atoms with Crippen LogP contribution in [0, 0.1) is 5.41 Å². The highest BCUT2D eigenvalue weighted by molar-refractivity contribution is 7.09. The monoisotopic (exact) mass is 351 g/mol. The minimum absolute atomic E-state index is 0.0298. The SMILES string of the molecule is COCCN1CCC2(CCN(CC(=O)NCc3cccs3)C2)C1=O. The third-order valence-corrected chi connectivity index (χ3v) is 5.88. The summed E-state index contributed by atoms with van der Waals surface area (Å²) in [7, 11) is 1.66. The van der Waals surface area contributed by atoms with Crippen molar-refractivity contribution < 1.29 is 14.3 Å². The molecule has 3 rings (SSSR count). The molecule has 0 aliphatic carbocycles. The number of thiophene rings is 1. The summed E-state index contributed by atoms with van der Waals surface area (Å²) in [5, 5.41) is 4.96. The Morgan fingerprint density at radius 1 is 1.42 bits per heavy atom. The van der Waals surface area contributed by atoms with E-state index in [1.54, 1.807) is 18.4 Å². The van der Waals surface area contributed by atoms with Gasteiger partial charge in [-0.2, -0.15) is 0 Å². The van der Waals surface area contributed by atoms with Crippen LogP contribution in [0.25, 0.3) is 0 Å². The number of amides is 2.